The minimum absolute atomic E-state index is 0.00590. The number of nitrogens with one attached hydrogen (secondary N) is 2. The molecule has 29 heavy (non-hydrogen) atoms. The highest BCUT2D eigenvalue weighted by Crippen LogP contribution is 2.34. The van der Waals surface area contributed by atoms with E-state index in [1.165, 1.54) is 12.3 Å². The SMILES string of the molecule is Cn1cc(-c2cc3cc(C(=O)Nc4cc(N)cnc4C(F)(F)F)cnc3[nH]2)cn1. The Hall–Kier alpha value is -3.89. The number of carbonyl (C=O) groups is 1. The molecule has 11 heteroatoms. The Morgan fingerprint density at radius 1 is 1.17 bits per heavy atom. The first-order chi connectivity index (χ1) is 13.7. The third-order valence-electron chi connectivity index (χ3n) is 4.17. The summed E-state index contributed by atoms with van der Waals surface area (Å²) >= 11 is 0. The standard InChI is InChI=1S/C18H14F3N7O/c1-28-8-11(6-25-28)13-3-9-2-10(5-24-16(9)26-13)17(29)27-14-4-12(22)7-23-15(14)18(19,20)21/h2-8H,22H2,1H3,(H,24,26)(H,27,29). The van der Waals surface area contributed by atoms with Crippen LogP contribution in [-0.4, -0.2) is 30.6 Å². The fraction of sp³-hybridized carbons (Fsp3) is 0.111. The van der Waals surface area contributed by atoms with Crippen molar-refractivity contribution < 1.29 is 18.0 Å². The first kappa shape index (κ1) is 18.5. The Bertz CT molecular complexity index is 1230. The number of halogens is 3. The highest BCUT2D eigenvalue weighted by Gasteiger charge is 2.36. The molecule has 0 radical (unpaired) electrons. The van der Waals surface area contributed by atoms with Crippen molar-refractivity contribution >= 4 is 28.3 Å². The number of alkyl halides is 3. The summed E-state index contributed by atoms with van der Waals surface area (Å²) in [5.41, 5.74) is 5.96. The molecule has 0 saturated carbocycles. The fourth-order valence-electron chi connectivity index (χ4n) is 2.85. The van der Waals surface area contributed by atoms with E-state index in [-0.39, 0.29) is 11.3 Å². The van der Waals surface area contributed by atoms with Gasteiger partial charge in [0, 0.05) is 30.4 Å². The van der Waals surface area contributed by atoms with Crippen LogP contribution in [0.5, 0.6) is 0 Å². The maximum atomic E-state index is 13.1. The quantitative estimate of drug-likeness (QED) is 0.488. The average Bonchev–Trinajstić information content (AvgIpc) is 3.25. The van der Waals surface area contributed by atoms with E-state index in [0.29, 0.717) is 11.0 Å². The summed E-state index contributed by atoms with van der Waals surface area (Å²) in [4.78, 5) is 23.1. The van der Waals surface area contributed by atoms with Gasteiger partial charge in [-0.25, -0.2) is 9.97 Å². The molecule has 0 saturated heterocycles. The number of pyridine rings is 2. The number of nitrogen functional groups attached to an aromatic ring is 1. The monoisotopic (exact) mass is 401 g/mol. The molecule has 0 unspecified atom stereocenters. The highest BCUT2D eigenvalue weighted by molar-refractivity contribution is 6.06. The molecule has 4 aromatic heterocycles. The predicted molar refractivity (Wildman–Crippen MR) is 99.9 cm³/mol. The van der Waals surface area contributed by atoms with Crippen LogP contribution in [0.3, 0.4) is 0 Å². The van der Waals surface area contributed by atoms with Crippen LogP contribution in [0.2, 0.25) is 0 Å². The van der Waals surface area contributed by atoms with Gasteiger partial charge in [0.25, 0.3) is 5.91 Å². The van der Waals surface area contributed by atoms with Crippen LogP contribution in [0.25, 0.3) is 22.3 Å². The molecule has 148 valence electrons. The molecule has 0 aliphatic carbocycles. The zero-order valence-electron chi connectivity index (χ0n) is 14.9. The number of aromatic amines is 1. The smallest absolute Gasteiger partial charge is 0.397 e. The van der Waals surface area contributed by atoms with E-state index in [0.717, 1.165) is 23.5 Å². The Labute approximate surface area is 161 Å². The number of nitrogens with two attached hydrogens (primary N) is 1. The number of carbonyl (C=O) groups excluding carboxylic acids is 1. The van der Waals surface area contributed by atoms with Crippen LogP contribution in [0.4, 0.5) is 24.5 Å². The van der Waals surface area contributed by atoms with E-state index in [4.69, 9.17) is 5.73 Å². The zero-order valence-corrected chi connectivity index (χ0v) is 14.9. The molecule has 0 bridgehead atoms. The second-order valence-corrected chi connectivity index (χ2v) is 6.36. The molecule has 1 amide bonds. The molecule has 0 aliphatic heterocycles. The number of hydrogen-bond acceptors (Lipinski definition) is 5. The van der Waals surface area contributed by atoms with Gasteiger partial charge in [-0.1, -0.05) is 0 Å². The summed E-state index contributed by atoms with van der Waals surface area (Å²) in [6.45, 7) is 0. The molecule has 4 heterocycles. The normalized spacial score (nSPS) is 11.7. The van der Waals surface area contributed by atoms with Gasteiger partial charge in [0.05, 0.1) is 35.0 Å². The third-order valence-corrected chi connectivity index (χ3v) is 4.17. The summed E-state index contributed by atoms with van der Waals surface area (Å²) in [5.74, 6) is -0.763. The maximum Gasteiger partial charge on any atom is 0.435 e. The van der Waals surface area contributed by atoms with Gasteiger partial charge in [-0.3, -0.25) is 9.48 Å². The summed E-state index contributed by atoms with van der Waals surface area (Å²) in [6, 6.07) is 4.32. The summed E-state index contributed by atoms with van der Waals surface area (Å²) < 4.78 is 41.0. The predicted octanol–water partition coefficient (Wildman–Crippen LogP) is 3.21. The second-order valence-electron chi connectivity index (χ2n) is 6.36. The molecule has 8 nitrogen and oxygen atoms in total. The summed E-state index contributed by atoms with van der Waals surface area (Å²) in [7, 11) is 1.78. The number of anilines is 2. The van der Waals surface area contributed by atoms with Gasteiger partial charge in [0.1, 0.15) is 5.65 Å². The molecule has 0 spiro atoms. The van der Waals surface area contributed by atoms with Crippen molar-refractivity contribution in [3.05, 3.63) is 54.2 Å². The first-order valence-electron chi connectivity index (χ1n) is 8.32. The first-order valence-corrected chi connectivity index (χ1v) is 8.32. The van der Waals surface area contributed by atoms with Gasteiger partial charge in [0.15, 0.2) is 5.69 Å². The van der Waals surface area contributed by atoms with E-state index < -0.39 is 23.5 Å². The molecule has 4 aromatic rings. The molecule has 0 aliphatic rings. The lowest BCUT2D eigenvalue weighted by Gasteiger charge is -2.13. The van der Waals surface area contributed by atoms with Crippen LogP contribution in [0.15, 0.2) is 43.0 Å². The van der Waals surface area contributed by atoms with Crippen LogP contribution in [-0.2, 0) is 13.2 Å². The lowest BCUT2D eigenvalue weighted by atomic mass is 10.2. The number of aromatic nitrogens is 5. The van der Waals surface area contributed by atoms with Gasteiger partial charge in [-0.2, -0.15) is 18.3 Å². The Kier molecular flexibility index (Phi) is 4.22. The Morgan fingerprint density at radius 3 is 2.66 bits per heavy atom. The number of fused-ring (bicyclic) bond motifs is 1. The molecular weight excluding hydrogens is 387 g/mol. The van der Waals surface area contributed by atoms with E-state index in [9.17, 15) is 18.0 Å². The van der Waals surface area contributed by atoms with Crippen molar-refractivity contribution in [2.45, 2.75) is 6.18 Å². The number of rotatable bonds is 3. The number of H-pyrrole nitrogens is 1. The summed E-state index contributed by atoms with van der Waals surface area (Å²) in [6.07, 6.45) is 0.894. The Morgan fingerprint density at radius 2 is 1.97 bits per heavy atom. The van der Waals surface area contributed by atoms with Gasteiger partial charge >= 0.3 is 6.18 Å². The number of aryl methyl sites for hydroxylation is 1. The maximum absolute atomic E-state index is 13.1. The van der Waals surface area contributed by atoms with Crippen LogP contribution >= 0.6 is 0 Å². The lowest BCUT2D eigenvalue weighted by Crippen LogP contribution is -2.18. The Balaban J connectivity index is 1.65. The van der Waals surface area contributed by atoms with Gasteiger partial charge < -0.3 is 16.0 Å². The second kappa shape index (κ2) is 6.62. The minimum atomic E-state index is -4.74. The molecule has 4 N–H and O–H groups in total. The molecule has 4 rings (SSSR count). The van der Waals surface area contributed by atoms with Crippen molar-refractivity contribution in [2.24, 2.45) is 7.05 Å². The molecular formula is C18H14F3N7O. The van der Waals surface area contributed by atoms with Gasteiger partial charge in [-0.05, 0) is 18.2 Å². The topological polar surface area (TPSA) is 115 Å². The largest absolute Gasteiger partial charge is 0.435 e. The third kappa shape index (κ3) is 3.61. The molecule has 0 fully saturated rings. The lowest BCUT2D eigenvalue weighted by molar-refractivity contribution is -0.140. The number of hydrogen-bond donors (Lipinski definition) is 3. The van der Waals surface area contributed by atoms with E-state index in [1.54, 1.807) is 24.0 Å². The van der Waals surface area contributed by atoms with Crippen molar-refractivity contribution in [3.8, 4) is 11.3 Å². The fourth-order valence-corrected chi connectivity index (χ4v) is 2.85. The number of nitrogens with zero attached hydrogens (tertiary/aromatic N) is 4. The number of amides is 1. The average molecular weight is 401 g/mol. The van der Waals surface area contributed by atoms with Crippen molar-refractivity contribution in [2.75, 3.05) is 11.1 Å². The van der Waals surface area contributed by atoms with Crippen LogP contribution < -0.4 is 11.1 Å². The van der Waals surface area contributed by atoms with Gasteiger partial charge in [-0.15, -0.1) is 0 Å². The van der Waals surface area contributed by atoms with Gasteiger partial charge in [0.2, 0.25) is 0 Å². The zero-order chi connectivity index (χ0) is 20.8. The summed E-state index contributed by atoms with van der Waals surface area (Å²) in [5, 5.41) is 6.93. The van der Waals surface area contributed by atoms with E-state index in [2.05, 4.69) is 25.4 Å². The molecule has 0 aromatic carbocycles. The van der Waals surface area contributed by atoms with E-state index in [1.807, 2.05) is 6.20 Å². The van der Waals surface area contributed by atoms with Crippen LogP contribution in [0.1, 0.15) is 16.1 Å². The van der Waals surface area contributed by atoms with Crippen molar-refractivity contribution in [3.63, 3.8) is 0 Å². The highest BCUT2D eigenvalue weighted by atomic mass is 19.4. The van der Waals surface area contributed by atoms with Crippen molar-refractivity contribution in [1.29, 1.82) is 0 Å². The minimum Gasteiger partial charge on any atom is -0.397 e. The van der Waals surface area contributed by atoms with Crippen molar-refractivity contribution in [1.82, 2.24) is 24.7 Å². The van der Waals surface area contributed by atoms with E-state index >= 15 is 0 Å². The van der Waals surface area contributed by atoms with Crippen LogP contribution in [0, 0.1) is 0 Å². The molecule has 0 atom stereocenters.